The van der Waals surface area contributed by atoms with E-state index in [-0.39, 0.29) is 30.4 Å². The van der Waals surface area contributed by atoms with Crippen LogP contribution in [-0.4, -0.2) is 59.9 Å². The van der Waals surface area contributed by atoms with Crippen molar-refractivity contribution < 1.29 is 19.1 Å². The van der Waals surface area contributed by atoms with Gasteiger partial charge in [-0.05, 0) is 56.2 Å². The zero-order valence-electron chi connectivity index (χ0n) is 23.0. The highest BCUT2D eigenvalue weighted by Gasteiger charge is 2.24. The van der Waals surface area contributed by atoms with Gasteiger partial charge in [-0.15, -0.1) is 0 Å². The molecule has 1 aromatic heterocycles. The van der Waals surface area contributed by atoms with Crippen molar-refractivity contribution in [3.8, 4) is 11.4 Å². The van der Waals surface area contributed by atoms with E-state index in [1.807, 2.05) is 32.0 Å². The lowest BCUT2D eigenvalue weighted by Crippen LogP contribution is -2.41. The minimum absolute atomic E-state index is 0.130. The Bertz CT molecular complexity index is 1250. The molecule has 0 atom stereocenters. The number of methoxy groups -OCH3 is 1. The molecule has 0 spiro atoms. The van der Waals surface area contributed by atoms with Gasteiger partial charge in [0.15, 0.2) is 6.61 Å². The summed E-state index contributed by atoms with van der Waals surface area (Å²) in [6, 6.07) is 14.7. The molecule has 0 aliphatic rings. The van der Waals surface area contributed by atoms with E-state index in [4.69, 9.17) is 26.2 Å². The molecule has 0 unspecified atom stereocenters. The van der Waals surface area contributed by atoms with E-state index in [2.05, 4.69) is 32.2 Å². The summed E-state index contributed by atoms with van der Waals surface area (Å²) in [5.74, 6) is 0.447. The second-order valence-electron chi connectivity index (χ2n) is 10.3. The monoisotopic (exact) mass is 540 g/mol. The first-order valence-corrected chi connectivity index (χ1v) is 13.0. The average molecular weight is 541 g/mol. The lowest BCUT2D eigenvalue weighted by molar-refractivity contribution is -0.136. The molecular weight excluding hydrogens is 504 g/mol. The second kappa shape index (κ2) is 12.9. The molecule has 204 valence electrons. The van der Waals surface area contributed by atoms with Crippen molar-refractivity contribution in [3.63, 3.8) is 0 Å². The van der Waals surface area contributed by atoms with Crippen LogP contribution in [0.2, 0.25) is 5.02 Å². The van der Waals surface area contributed by atoms with E-state index >= 15 is 0 Å². The molecule has 2 aromatic carbocycles. The maximum atomic E-state index is 13.2. The van der Waals surface area contributed by atoms with Gasteiger partial charge in [0.05, 0.1) is 11.4 Å². The molecule has 0 saturated carbocycles. The van der Waals surface area contributed by atoms with Crippen LogP contribution in [0.4, 0.5) is 5.82 Å². The fraction of sp³-hybridized carbons (Fsp3) is 0.414. The Morgan fingerprint density at radius 3 is 2.42 bits per heavy atom. The molecular formula is C29H37ClN4O4. The Hall–Kier alpha value is -3.36. The minimum Gasteiger partial charge on any atom is -0.484 e. The molecule has 8 nitrogen and oxygen atoms in total. The number of anilines is 1. The summed E-state index contributed by atoms with van der Waals surface area (Å²) in [7, 11) is 1.60. The SMILES string of the molecule is COCCCN(CC(=O)Nc1cc(C(C)(C)C)nn1-c1ccc(C)cc1C)C(=O)COc1ccc(Cl)cc1. The van der Waals surface area contributed by atoms with Gasteiger partial charge in [-0.2, -0.15) is 5.10 Å². The summed E-state index contributed by atoms with van der Waals surface area (Å²) in [5, 5.41) is 8.37. The van der Waals surface area contributed by atoms with Crippen LogP contribution in [0, 0.1) is 13.8 Å². The number of hydrogen-bond donors (Lipinski definition) is 1. The van der Waals surface area contributed by atoms with Gasteiger partial charge in [0.25, 0.3) is 5.91 Å². The predicted octanol–water partition coefficient (Wildman–Crippen LogP) is 5.32. The quantitative estimate of drug-likeness (QED) is 0.333. The maximum Gasteiger partial charge on any atom is 0.260 e. The molecule has 0 radical (unpaired) electrons. The summed E-state index contributed by atoms with van der Waals surface area (Å²) in [6.07, 6.45) is 0.588. The van der Waals surface area contributed by atoms with Crippen molar-refractivity contribution in [1.82, 2.24) is 14.7 Å². The van der Waals surface area contributed by atoms with Crippen LogP contribution < -0.4 is 10.1 Å². The number of aromatic nitrogens is 2. The molecule has 3 aromatic rings. The Morgan fingerprint density at radius 2 is 1.79 bits per heavy atom. The van der Waals surface area contributed by atoms with Crippen LogP contribution in [0.15, 0.2) is 48.5 Å². The zero-order chi connectivity index (χ0) is 27.9. The van der Waals surface area contributed by atoms with Crippen LogP contribution in [0.3, 0.4) is 0 Å². The Labute approximate surface area is 229 Å². The number of carbonyl (C=O) groups excluding carboxylic acids is 2. The lowest BCUT2D eigenvalue weighted by atomic mass is 9.92. The number of halogens is 1. The number of benzene rings is 2. The molecule has 0 bridgehead atoms. The largest absolute Gasteiger partial charge is 0.484 e. The number of amides is 2. The molecule has 1 heterocycles. The van der Waals surface area contributed by atoms with Crippen molar-refractivity contribution in [2.24, 2.45) is 0 Å². The molecule has 0 fully saturated rings. The first kappa shape index (κ1) is 29.2. The molecule has 0 saturated heterocycles. The molecule has 9 heteroatoms. The summed E-state index contributed by atoms with van der Waals surface area (Å²) in [5.41, 5.74) is 3.69. The molecule has 38 heavy (non-hydrogen) atoms. The third-order valence-corrected chi connectivity index (χ3v) is 6.22. The van der Waals surface area contributed by atoms with Gasteiger partial charge in [-0.3, -0.25) is 9.59 Å². The normalized spacial score (nSPS) is 11.3. The van der Waals surface area contributed by atoms with Crippen LogP contribution >= 0.6 is 11.6 Å². The van der Waals surface area contributed by atoms with Crippen molar-refractivity contribution in [3.05, 3.63) is 70.4 Å². The van der Waals surface area contributed by atoms with Crippen LogP contribution in [0.1, 0.15) is 44.0 Å². The smallest absolute Gasteiger partial charge is 0.260 e. The molecule has 0 aliphatic carbocycles. The average Bonchev–Trinajstić information content (AvgIpc) is 3.27. The topological polar surface area (TPSA) is 85.7 Å². The van der Waals surface area contributed by atoms with Crippen LogP contribution in [0.25, 0.3) is 5.69 Å². The fourth-order valence-electron chi connectivity index (χ4n) is 3.88. The number of aryl methyl sites for hydroxylation is 2. The number of nitrogens with one attached hydrogen (secondary N) is 1. The van der Waals surface area contributed by atoms with Gasteiger partial charge < -0.3 is 19.7 Å². The first-order valence-electron chi connectivity index (χ1n) is 12.6. The van der Waals surface area contributed by atoms with E-state index in [0.717, 1.165) is 22.5 Å². The van der Waals surface area contributed by atoms with E-state index in [1.165, 1.54) is 4.90 Å². The van der Waals surface area contributed by atoms with Crippen molar-refractivity contribution in [2.45, 2.75) is 46.5 Å². The third-order valence-electron chi connectivity index (χ3n) is 5.97. The number of hydrogen-bond acceptors (Lipinski definition) is 5. The molecule has 3 rings (SSSR count). The molecule has 2 amide bonds. The predicted molar refractivity (Wildman–Crippen MR) is 150 cm³/mol. The maximum absolute atomic E-state index is 13.2. The van der Waals surface area contributed by atoms with Gasteiger partial charge in [0.1, 0.15) is 18.1 Å². The standard InChI is InChI=1S/C29H37ClN4O4/c1-20-8-13-24(21(2)16-20)34-26(17-25(32-34)29(3,4)5)31-27(35)18-33(14-7-15-37-6)28(36)19-38-23-11-9-22(30)10-12-23/h8-13,16-17H,7,14-15,18-19H2,1-6H3,(H,31,35). The number of carbonyl (C=O) groups is 2. The number of ether oxygens (including phenoxy) is 2. The van der Waals surface area contributed by atoms with Gasteiger partial charge in [-0.25, -0.2) is 4.68 Å². The highest BCUT2D eigenvalue weighted by atomic mass is 35.5. The Kier molecular flexibility index (Phi) is 9.94. The molecule has 1 N–H and O–H groups in total. The van der Waals surface area contributed by atoms with E-state index in [0.29, 0.717) is 36.2 Å². The van der Waals surface area contributed by atoms with Crippen molar-refractivity contribution >= 4 is 29.2 Å². The van der Waals surface area contributed by atoms with Crippen molar-refractivity contribution in [2.75, 3.05) is 38.7 Å². The summed E-state index contributed by atoms with van der Waals surface area (Å²) in [6.45, 7) is 10.8. The summed E-state index contributed by atoms with van der Waals surface area (Å²) in [4.78, 5) is 27.7. The Morgan fingerprint density at radius 1 is 1.08 bits per heavy atom. The molecule has 0 aliphatic heterocycles. The summed E-state index contributed by atoms with van der Waals surface area (Å²) < 4.78 is 12.5. The minimum atomic E-state index is -0.325. The lowest BCUT2D eigenvalue weighted by Gasteiger charge is -2.22. The van der Waals surface area contributed by atoms with Gasteiger partial charge >= 0.3 is 0 Å². The van der Waals surface area contributed by atoms with Gasteiger partial charge in [0, 0.05) is 36.8 Å². The fourth-order valence-corrected chi connectivity index (χ4v) is 4.00. The van der Waals surface area contributed by atoms with E-state index in [9.17, 15) is 9.59 Å². The van der Waals surface area contributed by atoms with E-state index < -0.39 is 0 Å². The van der Waals surface area contributed by atoms with Gasteiger partial charge in [0.2, 0.25) is 5.91 Å². The van der Waals surface area contributed by atoms with Crippen molar-refractivity contribution in [1.29, 1.82) is 0 Å². The van der Waals surface area contributed by atoms with E-state index in [1.54, 1.807) is 36.1 Å². The van der Waals surface area contributed by atoms with Crippen LogP contribution in [-0.2, 0) is 19.7 Å². The first-order chi connectivity index (χ1) is 18.0. The third kappa shape index (κ3) is 8.07. The number of rotatable bonds is 11. The number of nitrogens with zero attached hydrogens (tertiary/aromatic N) is 3. The summed E-state index contributed by atoms with van der Waals surface area (Å²) >= 11 is 5.92. The second-order valence-corrected chi connectivity index (χ2v) is 10.8. The van der Waals surface area contributed by atoms with Gasteiger partial charge in [-0.1, -0.05) is 50.1 Å². The highest BCUT2D eigenvalue weighted by Crippen LogP contribution is 2.28. The highest BCUT2D eigenvalue weighted by molar-refractivity contribution is 6.30. The van der Waals surface area contributed by atoms with Crippen LogP contribution in [0.5, 0.6) is 5.75 Å². The zero-order valence-corrected chi connectivity index (χ0v) is 23.8. The Balaban J connectivity index is 1.78.